The number of rotatable bonds is 6. The van der Waals surface area contributed by atoms with Crippen molar-refractivity contribution in [3.8, 4) is 0 Å². The maximum absolute atomic E-state index is 3.59. The second-order valence-electron chi connectivity index (χ2n) is 9.06. The van der Waals surface area contributed by atoms with Crippen LogP contribution >= 0.6 is 0 Å². The first-order chi connectivity index (χ1) is 15.7. The standard InChI is InChI=1S/C31H31N/c1-4-30(25-9-6-5-7-10-25)32(28-19-13-22(2)14-20-28)31-12-8-11-29(23(31)3)27-18-16-24-15-17-26(24)21-27/h5-10,12-14,16,18-21,23,30H,4,15,17H2,1-3H3. The fourth-order valence-corrected chi connectivity index (χ4v) is 5.08. The molecule has 2 aliphatic carbocycles. The van der Waals surface area contributed by atoms with Crippen molar-refractivity contribution in [3.63, 3.8) is 0 Å². The summed E-state index contributed by atoms with van der Waals surface area (Å²) in [5.74, 6) is 0.261. The van der Waals surface area contributed by atoms with E-state index in [4.69, 9.17) is 0 Å². The summed E-state index contributed by atoms with van der Waals surface area (Å²) in [4.78, 5) is 2.55. The van der Waals surface area contributed by atoms with E-state index in [-0.39, 0.29) is 12.0 Å². The summed E-state index contributed by atoms with van der Waals surface area (Å²) in [7, 11) is 0. The third-order valence-electron chi connectivity index (χ3n) is 7.02. The van der Waals surface area contributed by atoms with E-state index >= 15 is 0 Å². The highest BCUT2D eigenvalue weighted by atomic mass is 15.2. The van der Waals surface area contributed by atoms with Gasteiger partial charge in [0.1, 0.15) is 0 Å². The average Bonchev–Trinajstić information content (AvgIpc) is 2.80. The molecule has 5 rings (SSSR count). The molecule has 0 amide bonds. The van der Waals surface area contributed by atoms with Crippen LogP contribution in [0.3, 0.4) is 0 Å². The molecule has 0 saturated heterocycles. The summed E-state index contributed by atoms with van der Waals surface area (Å²) in [6.45, 7) is 6.77. The van der Waals surface area contributed by atoms with Crippen molar-refractivity contribution in [2.45, 2.75) is 46.1 Å². The molecule has 160 valence electrons. The molecule has 32 heavy (non-hydrogen) atoms. The van der Waals surface area contributed by atoms with Crippen molar-refractivity contribution < 1.29 is 0 Å². The topological polar surface area (TPSA) is 3.24 Å². The van der Waals surface area contributed by atoms with Crippen molar-refractivity contribution >= 4 is 11.3 Å². The fourth-order valence-electron chi connectivity index (χ4n) is 5.08. The van der Waals surface area contributed by atoms with Crippen LogP contribution in [0.2, 0.25) is 0 Å². The molecule has 0 aromatic heterocycles. The average molecular weight is 418 g/mol. The monoisotopic (exact) mass is 417 g/mol. The number of allylic oxidation sites excluding steroid dienone is 2. The fraction of sp³-hybridized carbons (Fsp3) is 0.258. The number of aryl methyl sites for hydroxylation is 3. The smallest absolute Gasteiger partial charge is 0.0586 e. The second kappa shape index (κ2) is 8.69. The molecule has 0 heterocycles. The lowest BCUT2D eigenvalue weighted by Gasteiger charge is -2.39. The molecule has 0 fully saturated rings. The molecule has 3 aromatic rings. The summed E-state index contributed by atoms with van der Waals surface area (Å²) in [5.41, 5.74) is 14.4. The van der Waals surface area contributed by atoms with Gasteiger partial charge in [-0.25, -0.2) is 0 Å². The Bertz CT molecular complexity index is 1210. The molecule has 0 N–H and O–H groups in total. The Morgan fingerprint density at radius 1 is 0.938 bits per heavy atom. The number of fused-ring (bicyclic) bond motifs is 1. The van der Waals surface area contributed by atoms with E-state index in [0.29, 0.717) is 0 Å². The molecule has 1 heteroatoms. The first-order valence-corrected chi connectivity index (χ1v) is 11.9. The van der Waals surface area contributed by atoms with Gasteiger partial charge >= 0.3 is 0 Å². The van der Waals surface area contributed by atoms with Gasteiger partial charge in [0.05, 0.1) is 6.04 Å². The molecule has 2 aliphatic rings. The van der Waals surface area contributed by atoms with E-state index in [1.807, 2.05) is 0 Å². The third-order valence-corrected chi connectivity index (χ3v) is 7.02. The van der Waals surface area contributed by atoms with Crippen LogP contribution in [0.5, 0.6) is 0 Å². The number of nitrogens with zero attached hydrogens (tertiary/aromatic N) is 1. The van der Waals surface area contributed by atoms with E-state index in [1.165, 1.54) is 57.6 Å². The molecule has 0 radical (unpaired) electrons. The van der Waals surface area contributed by atoms with Gasteiger partial charge in [-0.1, -0.05) is 80.1 Å². The summed E-state index contributed by atoms with van der Waals surface area (Å²) in [6.07, 6.45) is 7.84. The number of hydrogen-bond acceptors (Lipinski definition) is 1. The molecular formula is C31H31N. The first-order valence-electron chi connectivity index (χ1n) is 11.9. The van der Waals surface area contributed by atoms with E-state index < -0.39 is 0 Å². The van der Waals surface area contributed by atoms with Crippen molar-refractivity contribution in [2.24, 2.45) is 5.92 Å². The van der Waals surface area contributed by atoms with Gasteiger partial charge in [0.15, 0.2) is 0 Å². The quantitative estimate of drug-likeness (QED) is 0.369. The Kier molecular flexibility index (Phi) is 5.60. The van der Waals surface area contributed by atoms with Gasteiger partial charge in [-0.05, 0) is 72.7 Å². The minimum absolute atomic E-state index is 0.261. The van der Waals surface area contributed by atoms with Gasteiger partial charge < -0.3 is 4.90 Å². The van der Waals surface area contributed by atoms with Gasteiger partial charge in [0.2, 0.25) is 0 Å². The minimum Gasteiger partial charge on any atom is -0.337 e. The summed E-state index contributed by atoms with van der Waals surface area (Å²) >= 11 is 0. The summed E-state index contributed by atoms with van der Waals surface area (Å²) < 4.78 is 0. The zero-order chi connectivity index (χ0) is 22.1. The number of benzene rings is 3. The van der Waals surface area contributed by atoms with Gasteiger partial charge in [0, 0.05) is 22.9 Å². The van der Waals surface area contributed by atoms with Crippen LogP contribution < -0.4 is 4.90 Å². The molecule has 0 aliphatic heterocycles. The molecule has 0 spiro atoms. The molecule has 0 bridgehead atoms. The van der Waals surface area contributed by atoms with Gasteiger partial charge in [-0.3, -0.25) is 0 Å². The maximum atomic E-state index is 3.59. The predicted octanol–water partition coefficient (Wildman–Crippen LogP) is 7.82. The predicted molar refractivity (Wildman–Crippen MR) is 136 cm³/mol. The van der Waals surface area contributed by atoms with Crippen LogP contribution in [0.15, 0.2) is 96.4 Å². The zero-order valence-electron chi connectivity index (χ0n) is 19.3. The molecule has 1 nitrogen and oxygen atoms in total. The van der Waals surface area contributed by atoms with Crippen molar-refractivity contribution in [1.82, 2.24) is 0 Å². The van der Waals surface area contributed by atoms with E-state index in [9.17, 15) is 0 Å². The molecule has 2 atom stereocenters. The molecular weight excluding hydrogens is 386 g/mol. The second-order valence-corrected chi connectivity index (χ2v) is 9.06. The van der Waals surface area contributed by atoms with E-state index in [0.717, 1.165) is 6.42 Å². The van der Waals surface area contributed by atoms with Crippen LogP contribution in [-0.4, -0.2) is 0 Å². The van der Waals surface area contributed by atoms with Crippen LogP contribution in [0.25, 0.3) is 5.57 Å². The largest absolute Gasteiger partial charge is 0.337 e. The van der Waals surface area contributed by atoms with Crippen molar-refractivity contribution in [1.29, 1.82) is 0 Å². The zero-order valence-corrected chi connectivity index (χ0v) is 19.3. The van der Waals surface area contributed by atoms with Gasteiger partial charge in [0.25, 0.3) is 0 Å². The highest BCUT2D eigenvalue weighted by molar-refractivity contribution is 5.74. The number of hydrogen-bond donors (Lipinski definition) is 0. The Labute approximate surface area is 192 Å². The minimum atomic E-state index is 0.261. The van der Waals surface area contributed by atoms with Crippen LogP contribution in [-0.2, 0) is 12.8 Å². The Balaban J connectivity index is 1.56. The van der Waals surface area contributed by atoms with Crippen molar-refractivity contribution in [3.05, 3.63) is 124 Å². The first kappa shape index (κ1) is 20.6. The highest BCUT2D eigenvalue weighted by Crippen LogP contribution is 2.41. The van der Waals surface area contributed by atoms with Gasteiger partial charge in [-0.15, -0.1) is 5.73 Å². The third kappa shape index (κ3) is 3.74. The Morgan fingerprint density at radius 2 is 1.69 bits per heavy atom. The Morgan fingerprint density at radius 3 is 2.34 bits per heavy atom. The SMILES string of the molecule is CCC(c1ccccc1)N(C1=CC=C=C(c2ccc3c(c2)CC3)C1C)c1ccc(C)cc1. The maximum Gasteiger partial charge on any atom is 0.0586 e. The number of anilines is 1. The van der Waals surface area contributed by atoms with E-state index in [2.05, 4.69) is 116 Å². The lowest BCUT2D eigenvalue weighted by atomic mass is 9.82. The van der Waals surface area contributed by atoms with Crippen LogP contribution in [0, 0.1) is 12.8 Å². The molecule has 0 saturated carbocycles. The van der Waals surface area contributed by atoms with E-state index in [1.54, 1.807) is 0 Å². The normalized spacial score (nSPS) is 17.7. The summed E-state index contributed by atoms with van der Waals surface area (Å²) in [6, 6.07) is 27.1. The molecule has 2 unspecified atom stereocenters. The molecule has 3 aromatic carbocycles. The summed E-state index contributed by atoms with van der Waals surface area (Å²) in [5, 5.41) is 0. The Hall–Kier alpha value is -3.28. The lowest BCUT2D eigenvalue weighted by Crippen LogP contribution is -2.31. The lowest BCUT2D eigenvalue weighted by molar-refractivity contribution is 0.618. The highest BCUT2D eigenvalue weighted by Gasteiger charge is 2.29. The van der Waals surface area contributed by atoms with Crippen molar-refractivity contribution in [2.75, 3.05) is 4.90 Å². The van der Waals surface area contributed by atoms with Crippen LogP contribution in [0.1, 0.15) is 54.1 Å². The van der Waals surface area contributed by atoms with Gasteiger partial charge in [-0.2, -0.15) is 0 Å². The van der Waals surface area contributed by atoms with Crippen LogP contribution in [0.4, 0.5) is 5.69 Å².